The van der Waals surface area contributed by atoms with E-state index >= 15 is 0 Å². The van der Waals surface area contributed by atoms with Gasteiger partial charge in [0.1, 0.15) is 24.7 Å². The molecule has 0 radical (unpaired) electrons. The molecule has 8 heteroatoms. The third kappa shape index (κ3) is 7.45. The van der Waals surface area contributed by atoms with Crippen LogP contribution in [0.4, 0.5) is 0 Å². The highest BCUT2D eigenvalue weighted by atomic mass is 16.5. The van der Waals surface area contributed by atoms with Crippen LogP contribution in [-0.4, -0.2) is 23.9 Å². The van der Waals surface area contributed by atoms with Gasteiger partial charge in [0, 0.05) is 30.4 Å². The Hall–Kier alpha value is -4.72. The van der Waals surface area contributed by atoms with E-state index in [9.17, 15) is 19.2 Å². The van der Waals surface area contributed by atoms with E-state index in [-0.39, 0.29) is 24.7 Å². The minimum absolute atomic E-state index is 0.0350. The molecule has 0 amide bonds. The largest absolute Gasteiger partial charge is 0.458 e. The molecule has 0 bridgehead atoms. The first-order chi connectivity index (χ1) is 16.3. The highest BCUT2D eigenvalue weighted by Crippen LogP contribution is 2.33. The quantitative estimate of drug-likeness (QED) is 0.280. The Balaban J connectivity index is 2.55. The lowest BCUT2D eigenvalue weighted by Gasteiger charge is -2.15. The highest BCUT2D eigenvalue weighted by Gasteiger charge is 2.14. The summed E-state index contributed by atoms with van der Waals surface area (Å²) < 4.78 is 20.6. The zero-order valence-electron chi connectivity index (χ0n) is 18.3. The Kier molecular flexibility index (Phi) is 9.28. The molecule has 0 saturated heterocycles. The maximum Gasteiger partial charge on any atom is 0.335 e. The van der Waals surface area contributed by atoms with Crippen molar-refractivity contribution in [3.63, 3.8) is 0 Å². The van der Waals surface area contributed by atoms with Crippen molar-refractivity contribution >= 4 is 23.9 Å². The fraction of sp³-hybridized carbons (Fsp3) is 0.0769. The minimum atomic E-state index is -0.710. The molecule has 8 nitrogen and oxygen atoms in total. The number of carbonyl (C=O) groups excluding carboxylic acids is 4. The van der Waals surface area contributed by atoms with Gasteiger partial charge >= 0.3 is 23.9 Å². The fourth-order valence-electron chi connectivity index (χ4n) is 2.72. The van der Waals surface area contributed by atoms with Crippen LogP contribution in [0.5, 0.6) is 11.5 Å². The number of hydrogen-bond acceptors (Lipinski definition) is 8. The normalized spacial score (nSPS) is 9.76. The molecular formula is C26H22O8. The van der Waals surface area contributed by atoms with Crippen molar-refractivity contribution in [3.8, 4) is 22.6 Å². The average Bonchev–Trinajstić information content (AvgIpc) is 2.85. The Morgan fingerprint density at radius 1 is 0.647 bits per heavy atom. The molecule has 174 valence electrons. The smallest absolute Gasteiger partial charge is 0.335 e. The van der Waals surface area contributed by atoms with E-state index < -0.39 is 23.9 Å². The first-order valence-corrected chi connectivity index (χ1v) is 9.83. The van der Waals surface area contributed by atoms with Crippen LogP contribution in [0.1, 0.15) is 11.1 Å². The lowest BCUT2D eigenvalue weighted by Crippen LogP contribution is -2.07. The SMILES string of the molecule is C=CC(=O)OCc1ccc(-c2cc(OC(=O)C=C)cc(OC(=O)C=C)c2)c(COC(=O)C=C)c1. The number of esters is 4. The molecule has 2 aromatic carbocycles. The molecule has 34 heavy (non-hydrogen) atoms. The zero-order valence-corrected chi connectivity index (χ0v) is 18.3. The van der Waals surface area contributed by atoms with Gasteiger partial charge in [-0.15, -0.1) is 0 Å². The van der Waals surface area contributed by atoms with Gasteiger partial charge in [-0.05, 0) is 40.5 Å². The van der Waals surface area contributed by atoms with Crippen molar-refractivity contribution in [1.29, 1.82) is 0 Å². The van der Waals surface area contributed by atoms with Crippen LogP contribution in [0, 0.1) is 0 Å². The third-order valence-electron chi connectivity index (χ3n) is 4.22. The number of carbonyl (C=O) groups is 4. The van der Waals surface area contributed by atoms with Crippen molar-refractivity contribution in [2.45, 2.75) is 13.2 Å². The molecular weight excluding hydrogens is 440 g/mol. The van der Waals surface area contributed by atoms with E-state index in [1.807, 2.05) is 0 Å². The monoisotopic (exact) mass is 462 g/mol. The van der Waals surface area contributed by atoms with Crippen molar-refractivity contribution in [2.75, 3.05) is 0 Å². The molecule has 0 heterocycles. The Morgan fingerprint density at radius 2 is 1.15 bits per heavy atom. The Labute approximate surface area is 196 Å². The number of rotatable bonds is 11. The van der Waals surface area contributed by atoms with Gasteiger partial charge < -0.3 is 18.9 Å². The summed E-state index contributed by atoms with van der Waals surface area (Å²) in [5.74, 6) is -2.47. The van der Waals surface area contributed by atoms with E-state index in [0.717, 1.165) is 24.3 Å². The van der Waals surface area contributed by atoms with Gasteiger partial charge in [0.2, 0.25) is 0 Å². The highest BCUT2D eigenvalue weighted by molar-refractivity contribution is 5.86. The molecule has 0 aliphatic carbocycles. The van der Waals surface area contributed by atoms with Crippen molar-refractivity contribution < 1.29 is 38.1 Å². The Morgan fingerprint density at radius 3 is 1.65 bits per heavy atom. The fourth-order valence-corrected chi connectivity index (χ4v) is 2.72. The van der Waals surface area contributed by atoms with Crippen LogP contribution in [0.2, 0.25) is 0 Å². The van der Waals surface area contributed by atoms with Gasteiger partial charge in [-0.3, -0.25) is 0 Å². The number of ether oxygens (including phenoxy) is 4. The van der Waals surface area contributed by atoms with Gasteiger partial charge in [-0.25, -0.2) is 19.2 Å². The van der Waals surface area contributed by atoms with Crippen molar-refractivity contribution in [2.24, 2.45) is 0 Å². The second-order valence-electron chi connectivity index (χ2n) is 6.56. The molecule has 2 rings (SSSR count). The van der Waals surface area contributed by atoms with Gasteiger partial charge in [0.15, 0.2) is 0 Å². The number of hydrogen-bond donors (Lipinski definition) is 0. The lowest BCUT2D eigenvalue weighted by molar-refractivity contribution is -0.139. The molecule has 0 aliphatic heterocycles. The molecule has 0 saturated carbocycles. The first-order valence-electron chi connectivity index (χ1n) is 9.83. The molecule has 0 fully saturated rings. The van der Waals surface area contributed by atoms with Crippen LogP contribution in [0.3, 0.4) is 0 Å². The van der Waals surface area contributed by atoms with Crippen LogP contribution in [-0.2, 0) is 41.9 Å². The average molecular weight is 462 g/mol. The molecule has 0 aromatic heterocycles. The third-order valence-corrected chi connectivity index (χ3v) is 4.22. The molecule has 0 aliphatic rings. The summed E-state index contributed by atoms with van der Waals surface area (Å²) in [5.41, 5.74) is 2.22. The van der Waals surface area contributed by atoms with Crippen molar-refractivity contribution in [1.82, 2.24) is 0 Å². The summed E-state index contributed by atoms with van der Waals surface area (Å²) in [7, 11) is 0. The van der Waals surface area contributed by atoms with Crippen LogP contribution < -0.4 is 9.47 Å². The van der Waals surface area contributed by atoms with Gasteiger partial charge in [0.25, 0.3) is 0 Å². The van der Waals surface area contributed by atoms with E-state index in [1.165, 1.54) is 18.2 Å². The minimum Gasteiger partial charge on any atom is -0.458 e. The summed E-state index contributed by atoms with van der Waals surface area (Å²) in [6, 6.07) is 9.51. The summed E-state index contributed by atoms with van der Waals surface area (Å²) in [4.78, 5) is 46.5. The van der Waals surface area contributed by atoms with Gasteiger partial charge in [-0.1, -0.05) is 38.4 Å². The second kappa shape index (κ2) is 12.4. The predicted octanol–water partition coefficient (Wildman–Crippen LogP) is 3.99. The summed E-state index contributed by atoms with van der Waals surface area (Å²) in [6.07, 6.45) is 4.05. The maximum atomic E-state index is 11.7. The molecule has 0 unspecified atom stereocenters. The second-order valence-corrected chi connectivity index (χ2v) is 6.56. The molecule has 0 N–H and O–H groups in total. The molecule has 0 atom stereocenters. The summed E-state index contributed by atoms with van der Waals surface area (Å²) in [6.45, 7) is 13.3. The van der Waals surface area contributed by atoms with Crippen LogP contribution >= 0.6 is 0 Å². The van der Waals surface area contributed by atoms with E-state index in [4.69, 9.17) is 18.9 Å². The molecule has 0 spiro atoms. The van der Waals surface area contributed by atoms with Crippen LogP contribution in [0.15, 0.2) is 87.0 Å². The predicted molar refractivity (Wildman–Crippen MR) is 124 cm³/mol. The summed E-state index contributed by atoms with van der Waals surface area (Å²) >= 11 is 0. The Bertz CT molecular complexity index is 1120. The van der Waals surface area contributed by atoms with E-state index in [2.05, 4.69) is 26.3 Å². The topological polar surface area (TPSA) is 105 Å². The van der Waals surface area contributed by atoms with Crippen molar-refractivity contribution in [3.05, 3.63) is 98.1 Å². The standard InChI is InChI=1S/C26H22O8/c1-5-23(27)31-15-17-9-10-22(19(11-17)16-32-24(28)6-2)18-12-20(33-25(29)7-3)14-21(13-18)34-26(30)8-4/h5-14H,1-4,15-16H2. The molecule has 2 aromatic rings. The van der Waals surface area contributed by atoms with Gasteiger partial charge in [-0.2, -0.15) is 0 Å². The maximum absolute atomic E-state index is 11.7. The number of benzene rings is 2. The lowest BCUT2D eigenvalue weighted by atomic mass is 9.97. The van der Waals surface area contributed by atoms with E-state index in [1.54, 1.807) is 18.2 Å². The summed E-state index contributed by atoms with van der Waals surface area (Å²) in [5, 5.41) is 0. The van der Waals surface area contributed by atoms with Crippen LogP contribution in [0.25, 0.3) is 11.1 Å². The van der Waals surface area contributed by atoms with Gasteiger partial charge in [0.05, 0.1) is 0 Å². The van der Waals surface area contributed by atoms with E-state index in [0.29, 0.717) is 22.3 Å². The first kappa shape index (κ1) is 25.5. The zero-order chi connectivity index (χ0) is 25.1.